The van der Waals surface area contributed by atoms with Crippen LogP contribution in [0.3, 0.4) is 0 Å². The van der Waals surface area contributed by atoms with Gasteiger partial charge in [-0.15, -0.1) is 0 Å². The molecule has 1 aromatic rings. The lowest BCUT2D eigenvalue weighted by Crippen LogP contribution is -2.41. The molecule has 1 heterocycles. The smallest absolute Gasteiger partial charge is 0.289 e. The molecule has 18 heavy (non-hydrogen) atoms. The summed E-state index contributed by atoms with van der Waals surface area (Å²) in [6.45, 7) is 0.301. The number of hydrogen-bond donors (Lipinski definition) is 1. The molecule has 0 aromatic heterocycles. The highest BCUT2D eigenvalue weighted by molar-refractivity contribution is 7.89. The van der Waals surface area contributed by atoms with Crippen LogP contribution < -0.4 is 5.73 Å². The summed E-state index contributed by atoms with van der Waals surface area (Å²) in [5.41, 5.74) is 5.29. The van der Waals surface area contributed by atoms with Gasteiger partial charge in [0, 0.05) is 12.6 Å². The zero-order chi connectivity index (χ0) is 13.3. The fourth-order valence-electron chi connectivity index (χ4n) is 2.02. The number of hydrogen-bond acceptors (Lipinski definition) is 5. The Labute approximate surface area is 104 Å². The van der Waals surface area contributed by atoms with E-state index in [0.29, 0.717) is 19.4 Å². The Kier molecular flexibility index (Phi) is 3.33. The van der Waals surface area contributed by atoms with Crippen LogP contribution in [-0.4, -0.2) is 30.4 Å². The molecule has 1 fully saturated rings. The second-order valence-electron chi connectivity index (χ2n) is 4.05. The van der Waals surface area contributed by atoms with Gasteiger partial charge >= 0.3 is 0 Å². The number of nitrogens with zero attached hydrogens (tertiary/aromatic N) is 2. The Morgan fingerprint density at radius 1 is 1.39 bits per heavy atom. The lowest BCUT2D eigenvalue weighted by molar-refractivity contribution is -0.387. The van der Waals surface area contributed by atoms with Gasteiger partial charge in [0.05, 0.1) is 11.1 Å². The van der Waals surface area contributed by atoms with Crippen LogP contribution in [0.5, 0.6) is 0 Å². The van der Waals surface area contributed by atoms with Crippen LogP contribution in [0.25, 0.3) is 0 Å². The maximum Gasteiger partial charge on any atom is 0.289 e. The molecule has 0 aliphatic carbocycles. The monoisotopic (exact) mass is 271 g/mol. The molecule has 0 spiro atoms. The quantitative estimate of drug-likeness (QED) is 0.642. The summed E-state index contributed by atoms with van der Waals surface area (Å²) in [6.07, 6.45) is 0.635. The van der Waals surface area contributed by atoms with E-state index in [1.54, 1.807) is 0 Å². The molecule has 8 heteroatoms. The number of para-hydroxylation sites is 1. The van der Waals surface area contributed by atoms with Crippen molar-refractivity contribution in [3.8, 4) is 0 Å². The largest absolute Gasteiger partial charge is 0.315 e. The van der Waals surface area contributed by atoms with Gasteiger partial charge in [-0.2, -0.15) is 4.31 Å². The lowest BCUT2D eigenvalue weighted by atomic mass is 10.3. The molecule has 98 valence electrons. The van der Waals surface area contributed by atoms with Gasteiger partial charge in [-0.05, 0) is 18.9 Å². The zero-order valence-electron chi connectivity index (χ0n) is 9.52. The molecule has 1 aliphatic heterocycles. The van der Waals surface area contributed by atoms with Crippen molar-refractivity contribution in [1.29, 1.82) is 0 Å². The van der Waals surface area contributed by atoms with Gasteiger partial charge < -0.3 is 5.73 Å². The molecule has 2 N–H and O–H groups in total. The van der Waals surface area contributed by atoms with E-state index in [-0.39, 0.29) is 4.90 Å². The third-order valence-corrected chi connectivity index (χ3v) is 4.87. The van der Waals surface area contributed by atoms with Crippen LogP contribution in [0.1, 0.15) is 12.8 Å². The van der Waals surface area contributed by atoms with Gasteiger partial charge in [0.15, 0.2) is 4.90 Å². The van der Waals surface area contributed by atoms with Crippen LogP contribution >= 0.6 is 0 Å². The van der Waals surface area contributed by atoms with Crippen molar-refractivity contribution in [1.82, 2.24) is 4.31 Å². The topological polar surface area (TPSA) is 107 Å². The number of benzene rings is 1. The van der Waals surface area contributed by atoms with Crippen LogP contribution in [0.2, 0.25) is 0 Å². The summed E-state index contributed by atoms with van der Waals surface area (Å²) >= 11 is 0. The summed E-state index contributed by atoms with van der Waals surface area (Å²) in [5, 5.41) is 10.9. The summed E-state index contributed by atoms with van der Waals surface area (Å²) in [6, 6.07) is 5.30. The predicted octanol–water partition coefficient (Wildman–Crippen LogP) is 0.664. The minimum atomic E-state index is -3.90. The highest BCUT2D eigenvalue weighted by Gasteiger charge is 2.36. The van der Waals surface area contributed by atoms with E-state index in [2.05, 4.69) is 0 Å². The maximum atomic E-state index is 12.3. The molecule has 0 radical (unpaired) electrons. The summed E-state index contributed by atoms with van der Waals surface area (Å²) in [4.78, 5) is 9.86. The molecule has 1 unspecified atom stereocenters. The van der Waals surface area contributed by atoms with E-state index in [1.807, 2.05) is 0 Å². The Hall–Kier alpha value is -1.51. The Morgan fingerprint density at radius 2 is 2.06 bits per heavy atom. The van der Waals surface area contributed by atoms with Gasteiger partial charge in [0.25, 0.3) is 15.7 Å². The molecular formula is C10H13N3O4S. The second-order valence-corrected chi connectivity index (χ2v) is 5.91. The molecule has 0 saturated carbocycles. The maximum absolute atomic E-state index is 12.3. The van der Waals surface area contributed by atoms with Gasteiger partial charge in [-0.3, -0.25) is 10.1 Å². The van der Waals surface area contributed by atoms with E-state index in [0.717, 1.165) is 4.31 Å². The molecule has 1 aromatic carbocycles. The van der Waals surface area contributed by atoms with E-state index in [9.17, 15) is 18.5 Å². The molecule has 1 atom stereocenters. The Bertz CT molecular complexity index is 572. The average Bonchev–Trinajstić information content (AvgIpc) is 2.76. The number of nitro benzene ring substituents is 1. The first kappa shape index (κ1) is 12.9. The average molecular weight is 271 g/mol. The number of sulfonamides is 1. The Morgan fingerprint density at radius 3 is 2.61 bits per heavy atom. The second kappa shape index (κ2) is 4.63. The number of nitro groups is 1. The van der Waals surface area contributed by atoms with Gasteiger partial charge in [0.2, 0.25) is 0 Å². The minimum absolute atomic E-state index is 0.299. The van der Waals surface area contributed by atoms with E-state index >= 15 is 0 Å². The number of rotatable bonds is 3. The van der Waals surface area contributed by atoms with Crippen molar-refractivity contribution in [2.75, 3.05) is 6.54 Å². The van der Waals surface area contributed by atoms with Crippen molar-refractivity contribution in [3.63, 3.8) is 0 Å². The van der Waals surface area contributed by atoms with Gasteiger partial charge in [0.1, 0.15) is 0 Å². The van der Waals surface area contributed by atoms with Crippen LogP contribution in [0.15, 0.2) is 29.2 Å². The minimum Gasteiger partial charge on any atom is -0.315 e. The predicted molar refractivity (Wildman–Crippen MR) is 64.2 cm³/mol. The van der Waals surface area contributed by atoms with E-state index < -0.39 is 26.8 Å². The molecule has 0 bridgehead atoms. The molecular weight excluding hydrogens is 258 g/mol. The van der Waals surface area contributed by atoms with E-state index in [1.165, 1.54) is 24.3 Å². The third kappa shape index (κ3) is 2.09. The first-order valence-corrected chi connectivity index (χ1v) is 6.89. The van der Waals surface area contributed by atoms with Crippen molar-refractivity contribution >= 4 is 15.7 Å². The number of nitrogens with two attached hydrogens (primary N) is 1. The normalized spacial score (nSPS) is 21.1. The molecule has 2 rings (SSSR count). The summed E-state index contributed by atoms with van der Waals surface area (Å²) in [5.74, 6) is 0. The standard InChI is InChI=1S/C10H13N3O4S/c11-10-6-3-7-12(10)18(16,17)9-5-2-1-4-8(9)13(14)15/h1-2,4-5,10H,3,6-7,11H2. The van der Waals surface area contributed by atoms with Crippen molar-refractivity contribution in [3.05, 3.63) is 34.4 Å². The highest BCUT2D eigenvalue weighted by atomic mass is 32.2. The van der Waals surface area contributed by atoms with Crippen LogP contribution in [0.4, 0.5) is 5.69 Å². The van der Waals surface area contributed by atoms with Crippen molar-refractivity contribution < 1.29 is 13.3 Å². The fourth-order valence-corrected chi connectivity index (χ4v) is 3.76. The first-order chi connectivity index (χ1) is 8.44. The highest BCUT2D eigenvalue weighted by Crippen LogP contribution is 2.29. The molecule has 7 nitrogen and oxygen atoms in total. The van der Waals surface area contributed by atoms with Crippen LogP contribution in [0, 0.1) is 10.1 Å². The Balaban J connectivity index is 2.51. The van der Waals surface area contributed by atoms with Gasteiger partial charge in [-0.1, -0.05) is 12.1 Å². The molecule has 0 amide bonds. The third-order valence-electron chi connectivity index (χ3n) is 2.90. The van der Waals surface area contributed by atoms with E-state index in [4.69, 9.17) is 5.73 Å². The van der Waals surface area contributed by atoms with Gasteiger partial charge in [-0.25, -0.2) is 8.42 Å². The molecule has 1 aliphatic rings. The fraction of sp³-hybridized carbons (Fsp3) is 0.400. The SMILES string of the molecule is NC1CCCN1S(=O)(=O)c1ccccc1[N+](=O)[O-]. The molecule has 1 saturated heterocycles. The first-order valence-electron chi connectivity index (χ1n) is 5.45. The summed E-state index contributed by atoms with van der Waals surface area (Å²) in [7, 11) is -3.90. The van der Waals surface area contributed by atoms with Crippen LogP contribution in [-0.2, 0) is 10.0 Å². The summed E-state index contributed by atoms with van der Waals surface area (Å²) < 4.78 is 25.7. The van der Waals surface area contributed by atoms with Crippen molar-refractivity contribution in [2.24, 2.45) is 5.73 Å². The zero-order valence-corrected chi connectivity index (χ0v) is 10.3. The van der Waals surface area contributed by atoms with Crippen molar-refractivity contribution in [2.45, 2.75) is 23.9 Å². The lowest BCUT2D eigenvalue weighted by Gasteiger charge is -2.20.